The standard InChI is InChI=1S/C15H15NO2/c1-18-15-13(8-5-11-16-15)9-10-14(17)12-6-3-2-4-7-12/h2-8,11H,9-10H2,1H3. The van der Waals surface area contributed by atoms with E-state index in [1.165, 1.54) is 0 Å². The number of benzene rings is 1. The molecule has 0 amide bonds. The molecule has 2 rings (SSSR count). The number of nitrogens with zero attached hydrogens (tertiary/aromatic N) is 1. The second-order valence-corrected chi connectivity index (χ2v) is 3.96. The number of hydrogen-bond acceptors (Lipinski definition) is 3. The molecule has 0 fully saturated rings. The first-order valence-corrected chi connectivity index (χ1v) is 5.87. The van der Waals surface area contributed by atoms with E-state index < -0.39 is 0 Å². The van der Waals surface area contributed by atoms with E-state index in [1.807, 2.05) is 42.5 Å². The molecular weight excluding hydrogens is 226 g/mol. The first-order valence-electron chi connectivity index (χ1n) is 5.87. The molecule has 0 bridgehead atoms. The number of rotatable bonds is 5. The van der Waals surface area contributed by atoms with Crippen molar-refractivity contribution in [1.82, 2.24) is 4.98 Å². The zero-order chi connectivity index (χ0) is 12.8. The van der Waals surface area contributed by atoms with Gasteiger partial charge in [-0.3, -0.25) is 4.79 Å². The van der Waals surface area contributed by atoms with Crippen LogP contribution in [-0.4, -0.2) is 17.9 Å². The van der Waals surface area contributed by atoms with Crippen molar-refractivity contribution < 1.29 is 9.53 Å². The number of pyridine rings is 1. The Morgan fingerprint density at radius 3 is 2.67 bits per heavy atom. The third-order valence-corrected chi connectivity index (χ3v) is 2.76. The van der Waals surface area contributed by atoms with Gasteiger partial charge in [-0.2, -0.15) is 0 Å². The fourth-order valence-corrected chi connectivity index (χ4v) is 1.81. The van der Waals surface area contributed by atoms with Crippen LogP contribution in [0.3, 0.4) is 0 Å². The van der Waals surface area contributed by atoms with Gasteiger partial charge in [0.25, 0.3) is 0 Å². The summed E-state index contributed by atoms with van der Waals surface area (Å²) in [6, 6.07) is 13.1. The monoisotopic (exact) mass is 241 g/mol. The SMILES string of the molecule is COc1ncccc1CCC(=O)c1ccccc1. The van der Waals surface area contributed by atoms with Gasteiger partial charge >= 0.3 is 0 Å². The predicted molar refractivity (Wildman–Crippen MR) is 69.9 cm³/mol. The molecule has 0 aliphatic carbocycles. The van der Waals surface area contributed by atoms with Gasteiger partial charge in [-0.25, -0.2) is 4.98 Å². The van der Waals surface area contributed by atoms with Crippen molar-refractivity contribution in [2.45, 2.75) is 12.8 Å². The summed E-state index contributed by atoms with van der Waals surface area (Å²) in [6.07, 6.45) is 2.79. The lowest BCUT2D eigenvalue weighted by molar-refractivity contribution is 0.0982. The zero-order valence-corrected chi connectivity index (χ0v) is 10.3. The van der Waals surface area contributed by atoms with E-state index in [2.05, 4.69) is 4.98 Å². The van der Waals surface area contributed by atoms with Crippen LogP contribution in [0.1, 0.15) is 22.3 Å². The summed E-state index contributed by atoms with van der Waals surface area (Å²) >= 11 is 0. The third kappa shape index (κ3) is 2.94. The van der Waals surface area contributed by atoms with Crippen LogP contribution in [0, 0.1) is 0 Å². The molecule has 0 N–H and O–H groups in total. The lowest BCUT2D eigenvalue weighted by Gasteiger charge is -2.06. The van der Waals surface area contributed by atoms with Crippen LogP contribution >= 0.6 is 0 Å². The molecule has 1 aromatic heterocycles. The maximum absolute atomic E-state index is 12.0. The molecular formula is C15H15NO2. The summed E-state index contributed by atoms with van der Waals surface area (Å²) in [5.74, 6) is 0.736. The number of hydrogen-bond donors (Lipinski definition) is 0. The van der Waals surface area contributed by atoms with Gasteiger partial charge in [-0.05, 0) is 12.5 Å². The van der Waals surface area contributed by atoms with Gasteiger partial charge in [-0.1, -0.05) is 36.4 Å². The molecule has 1 heterocycles. The molecule has 1 aromatic carbocycles. The Balaban J connectivity index is 2.02. The van der Waals surface area contributed by atoms with Crippen molar-refractivity contribution in [3.05, 3.63) is 59.8 Å². The highest BCUT2D eigenvalue weighted by Gasteiger charge is 2.08. The summed E-state index contributed by atoms with van der Waals surface area (Å²) in [5, 5.41) is 0. The van der Waals surface area contributed by atoms with E-state index >= 15 is 0 Å². The Kier molecular flexibility index (Phi) is 4.07. The van der Waals surface area contributed by atoms with Crippen LogP contribution in [0.5, 0.6) is 5.88 Å². The molecule has 0 saturated heterocycles. The molecule has 0 spiro atoms. The summed E-state index contributed by atoms with van der Waals surface area (Å²) in [4.78, 5) is 16.1. The summed E-state index contributed by atoms with van der Waals surface area (Å²) in [6.45, 7) is 0. The second kappa shape index (κ2) is 5.96. The smallest absolute Gasteiger partial charge is 0.216 e. The highest BCUT2D eigenvalue weighted by Crippen LogP contribution is 2.16. The molecule has 0 saturated carbocycles. The molecule has 2 aromatic rings. The highest BCUT2D eigenvalue weighted by molar-refractivity contribution is 5.96. The van der Waals surface area contributed by atoms with E-state index in [-0.39, 0.29) is 5.78 Å². The van der Waals surface area contributed by atoms with Crippen molar-refractivity contribution >= 4 is 5.78 Å². The summed E-state index contributed by atoms with van der Waals surface area (Å²) in [5.41, 5.74) is 1.71. The minimum atomic E-state index is 0.140. The van der Waals surface area contributed by atoms with E-state index in [4.69, 9.17) is 4.74 Å². The van der Waals surface area contributed by atoms with Gasteiger partial charge in [0.1, 0.15) is 0 Å². The first kappa shape index (κ1) is 12.3. The van der Waals surface area contributed by atoms with Crippen molar-refractivity contribution in [2.24, 2.45) is 0 Å². The predicted octanol–water partition coefficient (Wildman–Crippen LogP) is 2.91. The summed E-state index contributed by atoms with van der Waals surface area (Å²) in [7, 11) is 1.59. The Labute approximate surface area is 106 Å². The first-order chi connectivity index (χ1) is 8.81. The molecule has 0 radical (unpaired) electrons. The zero-order valence-electron chi connectivity index (χ0n) is 10.3. The van der Waals surface area contributed by atoms with Crippen LogP contribution in [0.15, 0.2) is 48.7 Å². The third-order valence-electron chi connectivity index (χ3n) is 2.76. The number of ether oxygens (including phenoxy) is 1. The van der Waals surface area contributed by atoms with Crippen molar-refractivity contribution in [2.75, 3.05) is 7.11 Å². The molecule has 3 nitrogen and oxygen atoms in total. The quantitative estimate of drug-likeness (QED) is 0.755. The van der Waals surface area contributed by atoms with E-state index in [0.717, 1.165) is 11.1 Å². The van der Waals surface area contributed by atoms with Crippen molar-refractivity contribution in [3.63, 3.8) is 0 Å². The molecule has 92 valence electrons. The molecule has 0 aliphatic rings. The molecule has 0 aliphatic heterocycles. The number of aryl methyl sites for hydroxylation is 1. The number of aromatic nitrogens is 1. The number of ketones is 1. The lowest BCUT2D eigenvalue weighted by atomic mass is 10.0. The Bertz CT molecular complexity index is 523. The summed E-state index contributed by atoms with van der Waals surface area (Å²) < 4.78 is 5.16. The number of methoxy groups -OCH3 is 1. The topological polar surface area (TPSA) is 39.2 Å². The van der Waals surface area contributed by atoms with Gasteiger partial charge in [0, 0.05) is 23.7 Å². The fourth-order valence-electron chi connectivity index (χ4n) is 1.81. The maximum atomic E-state index is 12.0. The Morgan fingerprint density at radius 2 is 1.94 bits per heavy atom. The minimum absolute atomic E-state index is 0.140. The average Bonchev–Trinajstić information content (AvgIpc) is 2.46. The number of carbonyl (C=O) groups is 1. The fraction of sp³-hybridized carbons (Fsp3) is 0.200. The van der Waals surface area contributed by atoms with E-state index in [0.29, 0.717) is 18.7 Å². The van der Waals surface area contributed by atoms with Crippen LogP contribution < -0.4 is 4.74 Å². The number of carbonyl (C=O) groups excluding carboxylic acids is 1. The Morgan fingerprint density at radius 1 is 1.17 bits per heavy atom. The van der Waals surface area contributed by atoms with Gasteiger partial charge in [0.05, 0.1) is 7.11 Å². The molecule has 18 heavy (non-hydrogen) atoms. The normalized spacial score (nSPS) is 10.1. The van der Waals surface area contributed by atoms with E-state index in [9.17, 15) is 4.79 Å². The van der Waals surface area contributed by atoms with Crippen LogP contribution in [-0.2, 0) is 6.42 Å². The highest BCUT2D eigenvalue weighted by atomic mass is 16.5. The minimum Gasteiger partial charge on any atom is -0.481 e. The van der Waals surface area contributed by atoms with Gasteiger partial charge in [0.15, 0.2) is 5.78 Å². The van der Waals surface area contributed by atoms with Crippen molar-refractivity contribution in [1.29, 1.82) is 0 Å². The van der Waals surface area contributed by atoms with Gasteiger partial charge in [0.2, 0.25) is 5.88 Å². The maximum Gasteiger partial charge on any atom is 0.216 e. The molecule has 0 atom stereocenters. The van der Waals surface area contributed by atoms with Crippen LogP contribution in [0.2, 0.25) is 0 Å². The van der Waals surface area contributed by atoms with Crippen LogP contribution in [0.25, 0.3) is 0 Å². The molecule has 0 unspecified atom stereocenters. The molecule has 3 heteroatoms. The van der Waals surface area contributed by atoms with E-state index in [1.54, 1.807) is 13.3 Å². The van der Waals surface area contributed by atoms with Gasteiger partial charge < -0.3 is 4.74 Å². The largest absolute Gasteiger partial charge is 0.481 e. The number of Topliss-reactive ketones (excluding diaryl/α,β-unsaturated/α-hetero) is 1. The second-order valence-electron chi connectivity index (χ2n) is 3.96. The van der Waals surface area contributed by atoms with Gasteiger partial charge in [-0.15, -0.1) is 0 Å². The lowest BCUT2D eigenvalue weighted by Crippen LogP contribution is -2.02. The average molecular weight is 241 g/mol. The van der Waals surface area contributed by atoms with Crippen LogP contribution in [0.4, 0.5) is 0 Å². The Hall–Kier alpha value is -2.16. The van der Waals surface area contributed by atoms with Crippen molar-refractivity contribution in [3.8, 4) is 5.88 Å².